The predicted octanol–water partition coefficient (Wildman–Crippen LogP) is 5.13. The zero-order valence-electron chi connectivity index (χ0n) is 12.1. The van der Waals surface area contributed by atoms with Gasteiger partial charge in [-0.3, -0.25) is 0 Å². The van der Waals surface area contributed by atoms with Crippen LogP contribution < -0.4 is 5.73 Å². The molecule has 0 spiro atoms. The van der Waals surface area contributed by atoms with Gasteiger partial charge in [-0.25, -0.2) is 0 Å². The second-order valence-corrected chi connectivity index (χ2v) is 7.94. The van der Waals surface area contributed by atoms with Crippen LogP contribution in [0.4, 0.5) is 0 Å². The molecule has 1 aromatic carbocycles. The molecule has 108 valence electrons. The number of rotatable bonds is 1. The van der Waals surface area contributed by atoms with Gasteiger partial charge in [-0.15, -0.1) is 12.4 Å². The van der Waals surface area contributed by atoms with Crippen LogP contribution in [0.5, 0.6) is 0 Å². The van der Waals surface area contributed by atoms with Crippen molar-refractivity contribution in [3.63, 3.8) is 0 Å². The Morgan fingerprint density at radius 1 is 1.05 bits per heavy atom. The van der Waals surface area contributed by atoms with Crippen LogP contribution in [0.15, 0.2) is 18.2 Å². The van der Waals surface area contributed by atoms with Crippen molar-refractivity contribution >= 4 is 35.0 Å². The molecular formula is C16H25ClIN. The van der Waals surface area contributed by atoms with Gasteiger partial charge < -0.3 is 5.73 Å². The molecule has 19 heavy (non-hydrogen) atoms. The lowest BCUT2D eigenvalue weighted by Crippen LogP contribution is -2.39. The highest BCUT2D eigenvalue weighted by Crippen LogP contribution is 2.37. The van der Waals surface area contributed by atoms with Crippen LogP contribution in [0.1, 0.15) is 64.0 Å². The standard InChI is InChI=1S/C16H24IN.ClH/c1-15(2,3)12-9-13(11-14(17)10-12)16(18)7-5-4-6-8-16;/h9-11H,4-8,18H2,1-3H3;1H. The Hall–Kier alpha value is 0.200. The highest BCUT2D eigenvalue weighted by Gasteiger charge is 2.30. The maximum atomic E-state index is 6.66. The van der Waals surface area contributed by atoms with Crippen LogP contribution in [0.2, 0.25) is 0 Å². The Bertz CT molecular complexity index is 431. The maximum Gasteiger partial charge on any atom is 0.0410 e. The Kier molecular flexibility index (Phi) is 5.73. The van der Waals surface area contributed by atoms with Gasteiger partial charge in [0.2, 0.25) is 0 Å². The summed E-state index contributed by atoms with van der Waals surface area (Å²) in [6.45, 7) is 6.81. The summed E-state index contributed by atoms with van der Waals surface area (Å²) in [4.78, 5) is 0. The van der Waals surface area contributed by atoms with Crippen LogP contribution in [0, 0.1) is 3.57 Å². The van der Waals surface area contributed by atoms with Gasteiger partial charge in [0, 0.05) is 9.11 Å². The molecule has 3 heteroatoms. The zero-order valence-corrected chi connectivity index (χ0v) is 15.1. The first-order valence-electron chi connectivity index (χ1n) is 6.92. The molecule has 1 aromatic rings. The lowest BCUT2D eigenvalue weighted by atomic mass is 9.75. The van der Waals surface area contributed by atoms with E-state index >= 15 is 0 Å². The fraction of sp³-hybridized carbons (Fsp3) is 0.625. The van der Waals surface area contributed by atoms with Gasteiger partial charge in [-0.1, -0.05) is 46.1 Å². The van der Waals surface area contributed by atoms with Crippen molar-refractivity contribution in [3.05, 3.63) is 32.9 Å². The average Bonchev–Trinajstić information content (AvgIpc) is 2.28. The number of hydrogen-bond donors (Lipinski definition) is 1. The first-order valence-corrected chi connectivity index (χ1v) is 8.00. The van der Waals surface area contributed by atoms with E-state index in [0.717, 1.165) is 12.8 Å². The monoisotopic (exact) mass is 393 g/mol. The molecule has 0 radical (unpaired) electrons. The minimum absolute atomic E-state index is 0. The smallest absolute Gasteiger partial charge is 0.0410 e. The van der Waals surface area contributed by atoms with Crippen molar-refractivity contribution in [2.45, 2.75) is 63.8 Å². The number of benzene rings is 1. The first kappa shape index (κ1) is 17.3. The average molecular weight is 394 g/mol. The van der Waals surface area contributed by atoms with Gasteiger partial charge in [-0.2, -0.15) is 0 Å². The molecule has 1 saturated carbocycles. The normalized spacial score (nSPS) is 18.8. The molecule has 0 aromatic heterocycles. The Balaban J connectivity index is 0.00000180. The SMILES string of the molecule is CC(C)(C)c1cc(I)cc(C2(N)CCCCC2)c1.Cl. The van der Waals surface area contributed by atoms with Gasteiger partial charge in [-0.05, 0) is 64.1 Å². The molecule has 1 aliphatic carbocycles. The van der Waals surface area contributed by atoms with Crippen molar-refractivity contribution in [2.75, 3.05) is 0 Å². The molecule has 0 atom stereocenters. The molecule has 0 aliphatic heterocycles. The highest BCUT2D eigenvalue weighted by atomic mass is 127. The molecule has 0 bridgehead atoms. The molecular weight excluding hydrogens is 369 g/mol. The summed E-state index contributed by atoms with van der Waals surface area (Å²) < 4.78 is 1.31. The first-order chi connectivity index (χ1) is 8.31. The molecule has 0 unspecified atom stereocenters. The summed E-state index contributed by atoms with van der Waals surface area (Å²) in [6.07, 6.45) is 6.15. The Morgan fingerprint density at radius 2 is 1.63 bits per heavy atom. The Labute approximate surface area is 137 Å². The Morgan fingerprint density at radius 3 is 2.16 bits per heavy atom. The van der Waals surface area contributed by atoms with E-state index in [1.54, 1.807) is 0 Å². The summed E-state index contributed by atoms with van der Waals surface area (Å²) >= 11 is 2.42. The molecule has 1 aliphatic rings. The number of hydrogen-bond acceptors (Lipinski definition) is 1. The topological polar surface area (TPSA) is 26.0 Å². The molecule has 2 rings (SSSR count). The summed E-state index contributed by atoms with van der Waals surface area (Å²) in [6, 6.07) is 6.91. The summed E-state index contributed by atoms with van der Waals surface area (Å²) in [5.74, 6) is 0. The second kappa shape index (κ2) is 6.31. The molecule has 2 N–H and O–H groups in total. The van der Waals surface area contributed by atoms with E-state index in [0.29, 0.717) is 0 Å². The van der Waals surface area contributed by atoms with Crippen LogP contribution >= 0.6 is 35.0 Å². The van der Waals surface area contributed by atoms with E-state index in [9.17, 15) is 0 Å². The van der Waals surface area contributed by atoms with Gasteiger partial charge in [0.15, 0.2) is 0 Å². The van der Waals surface area contributed by atoms with Crippen molar-refractivity contribution < 1.29 is 0 Å². The molecule has 1 nitrogen and oxygen atoms in total. The summed E-state index contributed by atoms with van der Waals surface area (Å²) in [5, 5.41) is 0. The number of halogens is 2. The number of nitrogens with two attached hydrogens (primary N) is 1. The van der Waals surface area contributed by atoms with Crippen LogP contribution in [0.3, 0.4) is 0 Å². The second-order valence-electron chi connectivity index (χ2n) is 6.70. The van der Waals surface area contributed by atoms with Crippen LogP contribution in [-0.4, -0.2) is 0 Å². The molecule has 0 saturated heterocycles. The summed E-state index contributed by atoms with van der Waals surface area (Å²) in [7, 11) is 0. The van der Waals surface area contributed by atoms with E-state index in [4.69, 9.17) is 5.73 Å². The van der Waals surface area contributed by atoms with Crippen molar-refractivity contribution in [3.8, 4) is 0 Å². The highest BCUT2D eigenvalue weighted by molar-refractivity contribution is 14.1. The van der Waals surface area contributed by atoms with Crippen molar-refractivity contribution in [1.82, 2.24) is 0 Å². The fourth-order valence-corrected chi connectivity index (χ4v) is 3.45. The van der Waals surface area contributed by atoms with Crippen molar-refractivity contribution in [1.29, 1.82) is 0 Å². The van der Waals surface area contributed by atoms with Gasteiger partial charge in [0.1, 0.15) is 0 Å². The van der Waals surface area contributed by atoms with Crippen molar-refractivity contribution in [2.24, 2.45) is 5.73 Å². The molecule has 1 fully saturated rings. The van der Waals surface area contributed by atoms with E-state index in [2.05, 4.69) is 61.6 Å². The van der Waals surface area contributed by atoms with E-state index in [1.165, 1.54) is 34.0 Å². The maximum absolute atomic E-state index is 6.66. The predicted molar refractivity (Wildman–Crippen MR) is 94.1 cm³/mol. The van der Waals surface area contributed by atoms with Crippen LogP contribution in [-0.2, 0) is 11.0 Å². The lowest BCUT2D eigenvalue weighted by Gasteiger charge is -2.35. The van der Waals surface area contributed by atoms with Crippen LogP contribution in [0.25, 0.3) is 0 Å². The quantitative estimate of drug-likeness (QED) is 0.658. The minimum Gasteiger partial charge on any atom is -0.321 e. The third kappa shape index (κ3) is 4.08. The van der Waals surface area contributed by atoms with Gasteiger partial charge in [0.05, 0.1) is 0 Å². The fourth-order valence-electron chi connectivity index (χ4n) is 2.78. The van der Waals surface area contributed by atoms with E-state index in [1.807, 2.05) is 0 Å². The molecule has 0 heterocycles. The molecule has 0 amide bonds. The third-order valence-corrected chi connectivity index (χ3v) is 4.71. The van der Waals surface area contributed by atoms with E-state index < -0.39 is 0 Å². The largest absolute Gasteiger partial charge is 0.321 e. The lowest BCUT2D eigenvalue weighted by molar-refractivity contribution is 0.301. The van der Waals surface area contributed by atoms with Gasteiger partial charge in [0.25, 0.3) is 0 Å². The zero-order chi connectivity index (χ0) is 13.4. The minimum atomic E-state index is -0.0839. The summed E-state index contributed by atoms with van der Waals surface area (Å²) in [5.41, 5.74) is 9.52. The van der Waals surface area contributed by atoms with Gasteiger partial charge >= 0.3 is 0 Å². The van der Waals surface area contributed by atoms with E-state index in [-0.39, 0.29) is 23.4 Å². The third-order valence-electron chi connectivity index (χ3n) is 4.08.